The van der Waals surface area contributed by atoms with Crippen LogP contribution < -0.4 is 0 Å². The van der Waals surface area contributed by atoms with Gasteiger partial charge >= 0.3 is 16.2 Å². The van der Waals surface area contributed by atoms with Crippen molar-refractivity contribution in [2.75, 3.05) is 76.0 Å². The van der Waals surface area contributed by atoms with Gasteiger partial charge in [-0.3, -0.25) is 4.90 Å². The summed E-state index contributed by atoms with van der Waals surface area (Å²) in [6.07, 6.45) is 0.845. The van der Waals surface area contributed by atoms with Gasteiger partial charge in [0.2, 0.25) is 0 Å². The van der Waals surface area contributed by atoms with Crippen LogP contribution in [0, 0.1) is 0 Å². The van der Waals surface area contributed by atoms with E-state index in [1.807, 2.05) is 0 Å². The molecule has 32 heavy (non-hydrogen) atoms. The van der Waals surface area contributed by atoms with Crippen LogP contribution in [0.2, 0.25) is 13.1 Å². The number of nitrogens with zero attached hydrogens (tertiary/aromatic N) is 4. The van der Waals surface area contributed by atoms with E-state index in [1.54, 1.807) is 0 Å². The van der Waals surface area contributed by atoms with Gasteiger partial charge < -0.3 is 32.4 Å². The molecule has 0 aromatic rings. The molecule has 5 atom stereocenters. The van der Waals surface area contributed by atoms with Crippen LogP contribution in [0.25, 0.3) is 0 Å². The topological polar surface area (TPSA) is 49.9 Å². The third kappa shape index (κ3) is 11.5. The number of hydrogen-bond donors (Lipinski definition) is 0. The maximum Gasteiger partial charge on any atom is 0.382 e. The molecule has 0 aromatic heterocycles. The molecule has 0 aliphatic carbocycles. The summed E-state index contributed by atoms with van der Waals surface area (Å²) in [5.74, 6) is 0. The van der Waals surface area contributed by atoms with Crippen molar-refractivity contribution in [1.29, 1.82) is 0 Å². The smallest absolute Gasteiger partial charge is 0.382 e. The maximum atomic E-state index is 6.89. The van der Waals surface area contributed by atoms with Crippen LogP contribution in [0.1, 0.15) is 34.1 Å². The van der Waals surface area contributed by atoms with Crippen molar-refractivity contribution in [2.24, 2.45) is 0 Å². The Balaban J connectivity index is 6.22. The van der Waals surface area contributed by atoms with Crippen LogP contribution in [-0.2, 0) is 17.7 Å². The van der Waals surface area contributed by atoms with Crippen LogP contribution in [0.4, 0.5) is 0 Å². The molecule has 0 aliphatic rings. The third-order valence-electron chi connectivity index (χ3n) is 5.26. The fourth-order valence-electron chi connectivity index (χ4n) is 4.10. The van der Waals surface area contributed by atoms with Crippen LogP contribution in [0.5, 0.6) is 0 Å². The third-order valence-corrected chi connectivity index (χ3v) is 16.5. The molecule has 0 saturated heterocycles. The average molecular weight is 495 g/mol. The van der Waals surface area contributed by atoms with Gasteiger partial charge in [-0.15, -0.1) is 0 Å². The van der Waals surface area contributed by atoms with Crippen molar-refractivity contribution in [3.05, 3.63) is 0 Å². The summed E-state index contributed by atoms with van der Waals surface area (Å²) in [4.78, 5) is 8.55. The van der Waals surface area contributed by atoms with Gasteiger partial charge in [-0.1, -0.05) is 6.92 Å². The summed E-state index contributed by atoms with van der Waals surface area (Å²) >= 11 is 0. The fourth-order valence-corrected chi connectivity index (χ4v) is 13.3. The molecule has 0 radical (unpaired) electrons. The molecule has 5 unspecified atom stereocenters. The lowest BCUT2D eigenvalue weighted by Gasteiger charge is -2.46. The quantitative estimate of drug-likeness (QED) is 0.226. The Morgan fingerprint density at radius 1 is 0.562 bits per heavy atom. The van der Waals surface area contributed by atoms with E-state index in [4.69, 9.17) is 17.7 Å². The second kappa shape index (κ2) is 14.5. The first-order valence-corrected chi connectivity index (χ1v) is 17.5. The molecule has 0 amide bonds. The Morgan fingerprint density at radius 3 is 1.06 bits per heavy atom. The van der Waals surface area contributed by atoms with Crippen LogP contribution in [0.15, 0.2) is 0 Å². The highest BCUT2D eigenvalue weighted by Gasteiger charge is 2.61. The first-order chi connectivity index (χ1) is 14.5. The van der Waals surface area contributed by atoms with Gasteiger partial charge in [-0.25, -0.2) is 0 Å². The van der Waals surface area contributed by atoms with Gasteiger partial charge in [0, 0.05) is 19.6 Å². The van der Waals surface area contributed by atoms with E-state index in [-0.39, 0.29) is 24.5 Å². The summed E-state index contributed by atoms with van der Waals surface area (Å²) in [5, 5.41) is 0. The van der Waals surface area contributed by atoms with E-state index in [9.17, 15) is 0 Å². The average Bonchev–Trinajstić information content (AvgIpc) is 2.56. The highest BCUT2D eigenvalue weighted by Crippen LogP contribution is 2.31. The van der Waals surface area contributed by atoms with Gasteiger partial charge in [-0.2, -0.15) is 0 Å². The molecule has 0 spiro atoms. The Hall–Kier alpha value is 0.114. The first kappa shape index (κ1) is 32.1. The van der Waals surface area contributed by atoms with Crippen molar-refractivity contribution in [3.8, 4) is 0 Å². The summed E-state index contributed by atoms with van der Waals surface area (Å²) in [7, 11) is 10.7. The van der Waals surface area contributed by atoms with Crippen molar-refractivity contribution >= 4 is 16.2 Å². The van der Waals surface area contributed by atoms with E-state index in [0.29, 0.717) is 0 Å². The summed E-state index contributed by atoms with van der Waals surface area (Å²) in [5.41, 5.74) is 0. The van der Waals surface area contributed by atoms with Crippen molar-refractivity contribution in [3.63, 3.8) is 0 Å². The van der Waals surface area contributed by atoms with E-state index in [2.05, 4.69) is 117 Å². The SMILES string of the molecule is CCC(O[Si](C)(OC(C)CN(C)C)[Si](C)(OC(C)CN(C)C)OC(C)CN(C)C)N(C)C. The molecular formula is C22H54N4O4Si2. The van der Waals surface area contributed by atoms with Gasteiger partial charge in [0.05, 0.1) is 18.3 Å². The lowest BCUT2D eigenvalue weighted by Crippen LogP contribution is -2.71. The lowest BCUT2D eigenvalue weighted by molar-refractivity contribution is 0.000356. The Morgan fingerprint density at radius 2 is 0.844 bits per heavy atom. The molecular weight excluding hydrogens is 440 g/mol. The largest absolute Gasteiger partial charge is 0.389 e. The number of hydrogen-bond acceptors (Lipinski definition) is 8. The van der Waals surface area contributed by atoms with E-state index >= 15 is 0 Å². The normalized spacial score (nSPS) is 20.4. The zero-order chi connectivity index (χ0) is 25.3. The minimum absolute atomic E-state index is 0.00803. The summed E-state index contributed by atoms with van der Waals surface area (Å²) in [6, 6.07) is 0. The zero-order valence-electron chi connectivity index (χ0n) is 23.6. The minimum Gasteiger partial charge on any atom is -0.389 e. The highest BCUT2D eigenvalue weighted by molar-refractivity contribution is 7.31. The molecule has 0 heterocycles. The van der Waals surface area contributed by atoms with E-state index in [1.165, 1.54) is 0 Å². The van der Waals surface area contributed by atoms with Crippen molar-refractivity contribution in [1.82, 2.24) is 19.6 Å². The zero-order valence-corrected chi connectivity index (χ0v) is 25.6. The molecule has 0 bridgehead atoms. The number of rotatable bonds is 17. The van der Waals surface area contributed by atoms with Gasteiger partial charge in [0.15, 0.2) is 0 Å². The molecule has 8 nitrogen and oxygen atoms in total. The summed E-state index contributed by atoms with van der Waals surface area (Å²) < 4.78 is 27.4. The fraction of sp³-hybridized carbons (Fsp3) is 1.00. The predicted molar refractivity (Wildman–Crippen MR) is 139 cm³/mol. The molecule has 194 valence electrons. The van der Waals surface area contributed by atoms with Crippen molar-refractivity contribution < 1.29 is 17.7 Å². The van der Waals surface area contributed by atoms with Gasteiger partial charge in [0.25, 0.3) is 0 Å². The standard InChI is InChI=1S/C22H54N4O4Si2/c1-15-22(26(11)12)30-32(14,29-21(4)18-25(9)10)31(13,27-19(2)16-23(5)6)28-20(3)17-24(7)8/h19-22H,15-18H2,1-14H3. The Labute approximate surface area is 201 Å². The molecule has 0 fully saturated rings. The van der Waals surface area contributed by atoms with Gasteiger partial charge in [-0.05, 0) is 96.7 Å². The number of likely N-dealkylation sites (N-methyl/N-ethyl adjacent to an activating group) is 3. The monoisotopic (exact) mass is 494 g/mol. The highest BCUT2D eigenvalue weighted by atomic mass is 29.3. The first-order valence-electron chi connectivity index (χ1n) is 11.9. The predicted octanol–water partition coefficient (Wildman–Crippen LogP) is 2.42. The second-order valence-electron chi connectivity index (χ2n) is 10.4. The van der Waals surface area contributed by atoms with Crippen LogP contribution in [-0.4, -0.2) is 136 Å². The molecule has 0 aromatic carbocycles. The molecule has 0 rings (SSSR count). The van der Waals surface area contributed by atoms with Crippen LogP contribution in [0.3, 0.4) is 0 Å². The van der Waals surface area contributed by atoms with Crippen molar-refractivity contribution in [2.45, 2.75) is 71.7 Å². The molecule has 0 aliphatic heterocycles. The van der Waals surface area contributed by atoms with E-state index in [0.717, 1.165) is 26.1 Å². The molecule has 0 N–H and O–H groups in total. The van der Waals surface area contributed by atoms with Crippen LogP contribution >= 0.6 is 0 Å². The Kier molecular flexibility index (Phi) is 14.6. The van der Waals surface area contributed by atoms with Gasteiger partial charge in [0.1, 0.15) is 6.23 Å². The molecule has 0 saturated carbocycles. The minimum atomic E-state index is -2.92. The molecule has 10 heteroatoms. The Bertz CT molecular complexity index is 496. The maximum absolute atomic E-state index is 6.89. The summed E-state index contributed by atoms with van der Waals surface area (Å²) in [6.45, 7) is 15.3. The lowest BCUT2D eigenvalue weighted by atomic mass is 10.4. The van der Waals surface area contributed by atoms with E-state index < -0.39 is 16.2 Å². The second-order valence-corrected chi connectivity index (χ2v) is 20.6.